The zero-order valence-corrected chi connectivity index (χ0v) is 13.4. The van der Waals surface area contributed by atoms with Crippen LogP contribution in [0.1, 0.15) is 25.7 Å². The SMILES string of the molecule is CSC1COC(/C=C(/C2CCC(Cl)CC2)C(F)(F)F)OC1. The van der Waals surface area contributed by atoms with Gasteiger partial charge < -0.3 is 9.47 Å². The normalized spacial score (nSPS) is 35.8. The second kappa shape index (κ2) is 7.57. The van der Waals surface area contributed by atoms with Crippen LogP contribution in [0, 0.1) is 5.92 Å². The van der Waals surface area contributed by atoms with E-state index in [1.807, 2.05) is 6.26 Å². The molecule has 0 aromatic carbocycles. The average Bonchev–Trinajstić information content (AvgIpc) is 2.45. The van der Waals surface area contributed by atoms with Crippen molar-refractivity contribution in [2.24, 2.45) is 5.92 Å². The molecule has 0 bridgehead atoms. The molecule has 21 heavy (non-hydrogen) atoms. The third kappa shape index (κ3) is 5.05. The molecule has 0 radical (unpaired) electrons. The van der Waals surface area contributed by atoms with Crippen LogP contribution in [0.15, 0.2) is 11.6 Å². The fourth-order valence-electron chi connectivity index (χ4n) is 2.71. The van der Waals surface area contributed by atoms with E-state index in [9.17, 15) is 13.2 Å². The summed E-state index contributed by atoms with van der Waals surface area (Å²) in [4.78, 5) is 0. The standard InChI is InChI=1S/C14H20ClF3O2S/c1-21-11-7-19-13(20-8-11)6-12(14(16,17)18)9-2-4-10(15)5-3-9/h6,9-11,13H,2-5,7-8H2,1H3/b12-6-. The van der Waals surface area contributed by atoms with Crippen LogP contribution in [0.25, 0.3) is 0 Å². The molecule has 0 N–H and O–H groups in total. The summed E-state index contributed by atoms with van der Waals surface area (Å²) in [6, 6.07) is 0. The Morgan fingerprint density at radius 3 is 2.19 bits per heavy atom. The monoisotopic (exact) mass is 344 g/mol. The van der Waals surface area contributed by atoms with E-state index in [-0.39, 0.29) is 10.6 Å². The van der Waals surface area contributed by atoms with E-state index in [1.165, 1.54) is 0 Å². The van der Waals surface area contributed by atoms with Crippen molar-refractivity contribution in [2.45, 2.75) is 48.8 Å². The van der Waals surface area contributed by atoms with Crippen molar-refractivity contribution >= 4 is 23.4 Å². The minimum Gasteiger partial charge on any atom is -0.348 e. The van der Waals surface area contributed by atoms with Crippen molar-refractivity contribution in [3.05, 3.63) is 11.6 Å². The van der Waals surface area contributed by atoms with Crippen LogP contribution < -0.4 is 0 Å². The molecule has 7 heteroatoms. The van der Waals surface area contributed by atoms with E-state index in [0.29, 0.717) is 38.9 Å². The first-order valence-electron chi connectivity index (χ1n) is 7.09. The third-order valence-electron chi connectivity index (χ3n) is 3.97. The zero-order valence-electron chi connectivity index (χ0n) is 11.9. The number of rotatable bonds is 3. The Kier molecular flexibility index (Phi) is 6.29. The van der Waals surface area contributed by atoms with Crippen molar-refractivity contribution in [3.8, 4) is 0 Å². The molecular formula is C14H20ClF3O2S. The van der Waals surface area contributed by atoms with E-state index in [4.69, 9.17) is 21.1 Å². The molecule has 1 saturated heterocycles. The van der Waals surface area contributed by atoms with Crippen molar-refractivity contribution in [1.29, 1.82) is 0 Å². The number of thioether (sulfide) groups is 1. The van der Waals surface area contributed by atoms with Crippen molar-refractivity contribution < 1.29 is 22.6 Å². The number of hydrogen-bond donors (Lipinski definition) is 0. The Morgan fingerprint density at radius 2 is 1.71 bits per heavy atom. The second-order valence-electron chi connectivity index (χ2n) is 5.46. The topological polar surface area (TPSA) is 18.5 Å². The van der Waals surface area contributed by atoms with Gasteiger partial charge in [-0.15, -0.1) is 11.6 Å². The summed E-state index contributed by atoms with van der Waals surface area (Å²) in [6.45, 7) is 0.837. The van der Waals surface area contributed by atoms with Crippen molar-refractivity contribution in [3.63, 3.8) is 0 Å². The van der Waals surface area contributed by atoms with Gasteiger partial charge in [0.25, 0.3) is 0 Å². The van der Waals surface area contributed by atoms with Gasteiger partial charge in [-0.3, -0.25) is 0 Å². The number of hydrogen-bond acceptors (Lipinski definition) is 3. The Labute approximate surface area is 132 Å². The maximum absolute atomic E-state index is 13.3. The second-order valence-corrected chi connectivity index (χ2v) is 7.22. The highest BCUT2D eigenvalue weighted by Gasteiger charge is 2.40. The number of halogens is 4. The zero-order chi connectivity index (χ0) is 15.5. The van der Waals surface area contributed by atoms with Gasteiger partial charge in [-0.05, 0) is 43.9 Å². The molecule has 2 fully saturated rings. The van der Waals surface area contributed by atoms with Crippen LogP contribution >= 0.6 is 23.4 Å². The lowest BCUT2D eigenvalue weighted by Crippen LogP contribution is -2.34. The quantitative estimate of drug-likeness (QED) is 0.559. The van der Waals surface area contributed by atoms with Crippen LogP contribution in [-0.4, -0.2) is 42.6 Å². The molecule has 2 rings (SSSR count). The highest BCUT2D eigenvalue weighted by molar-refractivity contribution is 7.99. The molecule has 0 aromatic rings. The van der Waals surface area contributed by atoms with Crippen LogP contribution in [0.3, 0.4) is 0 Å². The summed E-state index contributed by atoms with van der Waals surface area (Å²) in [5.74, 6) is -0.495. The van der Waals surface area contributed by atoms with E-state index in [0.717, 1.165) is 6.08 Å². The van der Waals surface area contributed by atoms with Gasteiger partial charge in [0, 0.05) is 11.0 Å². The Hall–Kier alpha value is 0.0900. The summed E-state index contributed by atoms with van der Waals surface area (Å²) in [5, 5.41) is 0.191. The van der Waals surface area contributed by atoms with E-state index < -0.39 is 24.0 Å². The number of allylic oxidation sites excluding steroid dienone is 1. The molecule has 0 spiro atoms. The summed E-state index contributed by atoms with van der Waals surface area (Å²) >= 11 is 7.57. The minimum absolute atomic E-state index is 0.000233. The summed E-state index contributed by atoms with van der Waals surface area (Å²) in [6.07, 6.45) is 0.0152. The lowest BCUT2D eigenvalue weighted by molar-refractivity contribution is -0.151. The lowest BCUT2D eigenvalue weighted by Gasteiger charge is -2.31. The van der Waals surface area contributed by atoms with Crippen LogP contribution in [0.5, 0.6) is 0 Å². The van der Waals surface area contributed by atoms with Crippen LogP contribution in [0.4, 0.5) is 13.2 Å². The Morgan fingerprint density at radius 1 is 1.14 bits per heavy atom. The highest BCUT2D eigenvalue weighted by atomic mass is 35.5. The maximum Gasteiger partial charge on any atom is 0.412 e. The molecular weight excluding hydrogens is 325 g/mol. The molecule has 0 amide bonds. The molecule has 1 saturated carbocycles. The van der Waals surface area contributed by atoms with E-state index >= 15 is 0 Å². The first kappa shape index (κ1) is 17.4. The summed E-state index contributed by atoms with van der Waals surface area (Å²) in [7, 11) is 0. The number of ether oxygens (including phenoxy) is 2. The molecule has 2 nitrogen and oxygen atoms in total. The molecule has 0 atom stereocenters. The molecule has 1 aliphatic heterocycles. The van der Waals surface area contributed by atoms with Gasteiger partial charge >= 0.3 is 6.18 Å². The fraction of sp³-hybridized carbons (Fsp3) is 0.857. The molecule has 0 unspecified atom stereocenters. The van der Waals surface area contributed by atoms with Gasteiger partial charge in [0.1, 0.15) is 0 Å². The Balaban J connectivity index is 2.04. The molecule has 1 heterocycles. The fourth-order valence-corrected chi connectivity index (χ4v) is 3.39. The van der Waals surface area contributed by atoms with Gasteiger partial charge in [0.05, 0.1) is 18.5 Å². The predicted molar refractivity (Wildman–Crippen MR) is 78.7 cm³/mol. The molecule has 1 aliphatic carbocycles. The predicted octanol–water partition coefficient (Wildman–Crippen LogP) is 4.38. The third-order valence-corrected chi connectivity index (χ3v) is 5.34. The summed E-state index contributed by atoms with van der Waals surface area (Å²) in [5.41, 5.74) is -0.515. The average molecular weight is 345 g/mol. The van der Waals surface area contributed by atoms with Gasteiger partial charge in [-0.25, -0.2) is 0 Å². The van der Waals surface area contributed by atoms with Gasteiger partial charge in [0.2, 0.25) is 0 Å². The van der Waals surface area contributed by atoms with Crippen LogP contribution in [0.2, 0.25) is 0 Å². The maximum atomic E-state index is 13.3. The van der Waals surface area contributed by atoms with Crippen LogP contribution in [-0.2, 0) is 9.47 Å². The van der Waals surface area contributed by atoms with Gasteiger partial charge in [0.15, 0.2) is 6.29 Å². The first-order valence-corrected chi connectivity index (χ1v) is 8.81. The highest BCUT2D eigenvalue weighted by Crippen LogP contribution is 2.40. The van der Waals surface area contributed by atoms with E-state index in [1.54, 1.807) is 11.8 Å². The van der Waals surface area contributed by atoms with Gasteiger partial charge in [-0.2, -0.15) is 24.9 Å². The molecule has 0 aromatic heterocycles. The number of alkyl halides is 4. The Bertz CT molecular complexity index is 360. The van der Waals surface area contributed by atoms with Crippen molar-refractivity contribution in [1.82, 2.24) is 0 Å². The first-order chi connectivity index (χ1) is 9.90. The minimum atomic E-state index is -4.34. The van der Waals surface area contributed by atoms with E-state index in [2.05, 4.69) is 0 Å². The van der Waals surface area contributed by atoms with Gasteiger partial charge in [-0.1, -0.05) is 0 Å². The molecule has 122 valence electrons. The summed E-state index contributed by atoms with van der Waals surface area (Å²) < 4.78 is 50.6. The largest absolute Gasteiger partial charge is 0.412 e. The van der Waals surface area contributed by atoms with Crippen molar-refractivity contribution in [2.75, 3.05) is 19.5 Å². The lowest BCUT2D eigenvalue weighted by atomic mass is 9.83. The smallest absolute Gasteiger partial charge is 0.348 e. The molecule has 2 aliphatic rings.